The average molecular weight is 465 g/mol. The zero-order chi connectivity index (χ0) is 24.3. The molecule has 0 atom stereocenters. The third kappa shape index (κ3) is 2.68. The Morgan fingerprint density at radius 1 is 0.306 bits per heavy atom. The molecule has 0 fully saturated rings. The van der Waals surface area contributed by atoms with Gasteiger partial charge in [-0.25, -0.2) is 0 Å². The van der Waals surface area contributed by atoms with E-state index in [-0.39, 0.29) is 0 Å². The summed E-state index contributed by atoms with van der Waals surface area (Å²) in [4.78, 5) is 0. The summed E-state index contributed by atoms with van der Waals surface area (Å²) in [6.45, 7) is 0. The quantitative estimate of drug-likeness (QED) is 0.293. The van der Waals surface area contributed by atoms with Crippen LogP contribution in [0.2, 0.25) is 0 Å². The second-order valence-corrected chi connectivity index (χ2v) is 9.57. The Balaban J connectivity index is 1.63. The van der Waals surface area contributed by atoms with Crippen LogP contribution in [0.5, 0.6) is 0 Å². The average Bonchev–Trinajstić information content (AvgIpc) is 2.95. The second-order valence-electron chi connectivity index (χ2n) is 9.57. The maximum absolute atomic E-state index is 12.8. The lowest BCUT2D eigenvalue weighted by Crippen LogP contribution is -2.44. The van der Waals surface area contributed by atoms with E-state index < -0.39 is 11.2 Å². The van der Waals surface area contributed by atoms with Crippen LogP contribution in [0.15, 0.2) is 133 Å². The first kappa shape index (κ1) is 21.1. The zero-order valence-electron chi connectivity index (χ0n) is 19.6. The van der Waals surface area contributed by atoms with Crippen molar-refractivity contribution in [2.45, 2.75) is 11.2 Å². The van der Waals surface area contributed by atoms with E-state index in [1.54, 1.807) is 0 Å². The third-order valence-electron chi connectivity index (χ3n) is 7.77. The lowest BCUT2D eigenvalue weighted by atomic mass is 9.62. The Morgan fingerprint density at radius 3 is 0.972 bits per heavy atom. The predicted octanol–water partition coefficient (Wildman–Crippen LogP) is 6.87. The van der Waals surface area contributed by atoms with Gasteiger partial charge in [0.1, 0.15) is 11.2 Å². The van der Waals surface area contributed by atoms with Gasteiger partial charge in [-0.15, -0.1) is 0 Å². The van der Waals surface area contributed by atoms with Crippen LogP contribution < -0.4 is 0 Å². The van der Waals surface area contributed by atoms with E-state index in [0.717, 1.165) is 32.7 Å². The summed E-state index contributed by atoms with van der Waals surface area (Å²) >= 11 is 0. The first-order valence-corrected chi connectivity index (χ1v) is 12.2. The van der Waals surface area contributed by atoms with Crippen molar-refractivity contribution in [3.05, 3.63) is 167 Å². The Bertz CT molecular complexity index is 1590. The molecule has 7 rings (SSSR count). The Kier molecular flexibility index (Phi) is 4.47. The number of fused-ring (bicyclic) bond motifs is 4. The largest absolute Gasteiger partial charge is 0.376 e. The summed E-state index contributed by atoms with van der Waals surface area (Å²) in [6, 6.07) is 43.9. The highest BCUT2D eigenvalue weighted by molar-refractivity contribution is 5.90. The van der Waals surface area contributed by atoms with Crippen LogP contribution in [-0.2, 0) is 11.2 Å². The van der Waals surface area contributed by atoms with Crippen molar-refractivity contribution in [2.75, 3.05) is 0 Å². The van der Waals surface area contributed by atoms with E-state index >= 15 is 0 Å². The van der Waals surface area contributed by atoms with Crippen LogP contribution in [0.3, 0.4) is 0 Å². The van der Waals surface area contributed by atoms with Crippen LogP contribution in [-0.4, -0.2) is 10.2 Å². The van der Waals surface area contributed by atoms with Crippen molar-refractivity contribution in [3.63, 3.8) is 0 Å². The maximum atomic E-state index is 12.8. The van der Waals surface area contributed by atoms with Gasteiger partial charge >= 0.3 is 0 Å². The van der Waals surface area contributed by atoms with Crippen molar-refractivity contribution in [3.8, 4) is 0 Å². The minimum Gasteiger partial charge on any atom is -0.376 e. The molecule has 2 N–H and O–H groups in total. The van der Waals surface area contributed by atoms with Gasteiger partial charge in [0, 0.05) is 11.1 Å². The molecule has 2 heteroatoms. The first-order valence-electron chi connectivity index (χ1n) is 12.2. The fourth-order valence-electron chi connectivity index (χ4n) is 6.18. The second kappa shape index (κ2) is 7.63. The number of hydrogen-bond donors (Lipinski definition) is 2. The van der Waals surface area contributed by atoms with Crippen LogP contribution in [0, 0.1) is 0 Å². The van der Waals surface area contributed by atoms with Gasteiger partial charge in [0.15, 0.2) is 0 Å². The van der Waals surface area contributed by atoms with E-state index in [1.165, 1.54) is 0 Å². The summed E-state index contributed by atoms with van der Waals surface area (Å²) in [5, 5.41) is 29.8. The van der Waals surface area contributed by atoms with Crippen molar-refractivity contribution >= 4 is 21.5 Å². The molecular formula is C34H24O2. The standard InChI is InChI=1S/C34H24O2/c35-33(27-21-9-13-23-11-1-3-15-25(23)27)29-17-5-7-19-31(29)34(36,32-20-8-6-18-30(32)33)28-22-10-14-24-12-2-4-16-26(24)28/h1-22,35-36H. The highest BCUT2D eigenvalue weighted by atomic mass is 16.3. The summed E-state index contributed by atoms with van der Waals surface area (Å²) in [5.41, 5.74) is 1.49. The van der Waals surface area contributed by atoms with Crippen molar-refractivity contribution in [1.82, 2.24) is 0 Å². The van der Waals surface area contributed by atoms with E-state index in [2.05, 4.69) is 36.4 Å². The molecule has 1 aliphatic rings. The van der Waals surface area contributed by atoms with Crippen molar-refractivity contribution in [2.24, 2.45) is 0 Å². The molecule has 6 aromatic carbocycles. The van der Waals surface area contributed by atoms with E-state index in [0.29, 0.717) is 22.3 Å². The third-order valence-corrected chi connectivity index (χ3v) is 7.77. The molecule has 0 radical (unpaired) electrons. The van der Waals surface area contributed by atoms with Gasteiger partial charge in [0.05, 0.1) is 0 Å². The Labute approximate surface area is 209 Å². The van der Waals surface area contributed by atoms with Crippen LogP contribution in [0.1, 0.15) is 33.4 Å². The van der Waals surface area contributed by atoms with Gasteiger partial charge in [-0.05, 0) is 43.8 Å². The normalized spacial score (nSPS) is 20.7. The molecule has 0 amide bonds. The van der Waals surface area contributed by atoms with E-state index in [4.69, 9.17) is 0 Å². The lowest BCUT2D eigenvalue weighted by Gasteiger charge is -2.45. The number of aliphatic hydroxyl groups is 2. The zero-order valence-corrected chi connectivity index (χ0v) is 19.6. The van der Waals surface area contributed by atoms with Crippen molar-refractivity contribution in [1.29, 1.82) is 0 Å². The van der Waals surface area contributed by atoms with Crippen LogP contribution in [0.4, 0.5) is 0 Å². The highest BCUT2D eigenvalue weighted by Crippen LogP contribution is 2.54. The monoisotopic (exact) mass is 464 g/mol. The predicted molar refractivity (Wildman–Crippen MR) is 145 cm³/mol. The fourth-order valence-corrected chi connectivity index (χ4v) is 6.18. The molecule has 0 unspecified atom stereocenters. The molecule has 0 heterocycles. The minimum atomic E-state index is -1.44. The van der Waals surface area contributed by atoms with Gasteiger partial charge in [0.2, 0.25) is 0 Å². The molecule has 0 saturated heterocycles. The number of benzene rings is 6. The van der Waals surface area contributed by atoms with Gasteiger partial charge in [0.25, 0.3) is 0 Å². The smallest absolute Gasteiger partial charge is 0.141 e. The molecule has 36 heavy (non-hydrogen) atoms. The summed E-state index contributed by atoms with van der Waals surface area (Å²) in [5.74, 6) is 0. The SMILES string of the molecule is OC1(c2cccc3ccccc23)c2ccccc2C(O)(c2cccc3ccccc23)c2ccccc21. The van der Waals surface area contributed by atoms with Gasteiger partial charge in [-0.1, -0.05) is 133 Å². The molecule has 2 nitrogen and oxygen atoms in total. The fraction of sp³-hybridized carbons (Fsp3) is 0.0588. The highest BCUT2D eigenvalue weighted by Gasteiger charge is 2.51. The summed E-state index contributed by atoms with van der Waals surface area (Å²) in [6.07, 6.45) is 0. The molecule has 0 bridgehead atoms. The Hall–Kier alpha value is -4.24. The lowest BCUT2D eigenvalue weighted by molar-refractivity contribution is 0.0763. The van der Waals surface area contributed by atoms with Crippen LogP contribution >= 0.6 is 0 Å². The molecule has 1 aliphatic carbocycles. The maximum Gasteiger partial charge on any atom is 0.141 e. The molecule has 0 saturated carbocycles. The molecule has 172 valence electrons. The van der Waals surface area contributed by atoms with Gasteiger partial charge in [-0.2, -0.15) is 0 Å². The van der Waals surface area contributed by atoms with Crippen LogP contribution in [0.25, 0.3) is 21.5 Å². The molecule has 0 aromatic heterocycles. The van der Waals surface area contributed by atoms with Crippen molar-refractivity contribution < 1.29 is 10.2 Å². The molecule has 6 aromatic rings. The summed E-state index contributed by atoms with van der Waals surface area (Å²) < 4.78 is 0. The van der Waals surface area contributed by atoms with Gasteiger partial charge in [-0.3, -0.25) is 0 Å². The van der Waals surface area contributed by atoms with Gasteiger partial charge < -0.3 is 10.2 Å². The van der Waals surface area contributed by atoms with E-state index in [1.807, 2.05) is 97.1 Å². The first-order chi connectivity index (χ1) is 17.6. The minimum absolute atomic E-state index is 0.690. The molecule has 0 spiro atoms. The molecular weight excluding hydrogens is 440 g/mol. The summed E-state index contributed by atoms with van der Waals surface area (Å²) in [7, 11) is 0. The topological polar surface area (TPSA) is 40.5 Å². The number of rotatable bonds is 2. The molecule has 0 aliphatic heterocycles. The number of hydrogen-bond acceptors (Lipinski definition) is 2. The Morgan fingerprint density at radius 2 is 0.583 bits per heavy atom. The van der Waals surface area contributed by atoms with E-state index in [9.17, 15) is 10.2 Å².